The van der Waals surface area contributed by atoms with Gasteiger partial charge in [-0.15, -0.1) is 0 Å². The molecule has 0 radical (unpaired) electrons. The SMILES string of the molecule is COc1cccc([C@@H]2C[C@H]2CNC(=O)c2cnn(C)c2C2CC2)c1. The second-order valence-corrected chi connectivity index (χ2v) is 6.93. The predicted octanol–water partition coefficient (Wildman–Crippen LogP) is 2.84. The van der Waals surface area contributed by atoms with Gasteiger partial charge < -0.3 is 10.1 Å². The van der Waals surface area contributed by atoms with Crippen molar-refractivity contribution in [1.82, 2.24) is 15.1 Å². The second-order valence-electron chi connectivity index (χ2n) is 6.93. The molecular weight excluding hydrogens is 302 g/mol. The molecule has 2 saturated carbocycles. The minimum atomic E-state index is 0.0151. The monoisotopic (exact) mass is 325 g/mol. The van der Waals surface area contributed by atoms with Crippen LogP contribution in [0.3, 0.4) is 0 Å². The molecule has 2 atom stereocenters. The van der Waals surface area contributed by atoms with Crippen molar-refractivity contribution in [3.05, 3.63) is 47.3 Å². The van der Waals surface area contributed by atoms with Crippen molar-refractivity contribution in [2.45, 2.75) is 31.1 Å². The zero-order valence-electron chi connectivity index (χ0n) is 14.2. The standard InChI is InChI=1S/C19H23N3O2/c1-22-18(12-6-7-12)17(11-21-22)19(23)20-10-14-9-16(14)13-4-3-5-15(8-13)24-2/h3-5,8,11-12,14,16H,6-7,9-10H2,1-2H3,(H,20,23)/t14-,16-/m0/s1. The number of aryl methyl sites for hydroxylation is 1. The Hall–Kier alpha value is -2.30. The highest BCUT2D eigenvalue weighted by Crippen LogP contribution is 2.47. The third kappa shape index (κ3) is 2.90. The maximum atomic E-state index is 12.5. The molecule has 0 unspecified atom stereocenters. The maximum absolute atomic E-state index is 12.5. The number of amides is 1. The van der Waals surface area contributed by atoms with E-state index in [4.69, 9.17) is 4.74 Å². The van der Waals surface area contributed by atoms with Gasteiger partial charge in [0.15, 0.2) is 0 Å². The van der Waals surface area contributed by atoms with Gasteiger partial charge in [0.1, 0.15) is 5.75 Å². The van der Waals surface area contributed by atoms with Crippen LogP contribution in [0.5, 0.6) is 5.75 Å². The van der Waals surface area contributed by atoms with E-state index in [9.17, 15) is 4.79 Å². The van der Waals surface area contributed by atoms with Crippen LogP contribution in [-0.2, 0) is 7.05 Å². The van der Waals surface area contributed by atoms with Crippen LogP contribution in [0.4, 0.5) is 0 Å². The summed E-state index contributed by atoms with van der Waals surface area (Å²) in [6.07, 6.45) is 5.16. The number of hydrogen-bond donors (Lipinski definition) is 1. The van der Waals surface area contributed by atoms with Crippen molar-refractivity contribution < 1.29 is 9.53 Å². The van der Waals surface area contributed by atoms with Crippen LogP contribution in [0.1, 0.15) is 52.7 Å². The van der Waals surface area contributed by atoms with Crippen LogP contribution in [0.2, 0.25) is 0 Å². The molecule has 2 fully saturated rings. The molecule has 2 aliphatic rings. The average molecular weight is 325 g/mol. The summed E-state index contributed by atoms with van der Waals surface area (Å²) in [5.74, 6) is 2.47. The molecule has 0 aliphatic heterocycles. The summed E-state index contributed by atoms with van der Waals surface area (Å²) >= 11 is 0. The molecular formula is C19H23N3O2. The third-order valence-electron chi connectivity index (χ3n) is 5.16. The van der Waals surface area contributed by atoms with E-state index in [-0.39, 0.29) is 5.91 Å². The first-order valence-electron chi connectivity index (χ1n) is 8.61. The molecule has 24 heavy (non-hydrogen) atoms. The smallest absolute Gasteiger partial charge is 0.254 e. The molecule has 2 aliphatic carbocycles. The molecule has 0 saturated heterocycles. The number of ether oxygens (including phenoxy) is 1. The van der Waals surface area contributed by atoms with E-state index in [1.54, 1.807) is 13.3 Å². The van der Waals surface area contributed by atoms with E-state index >= 15 is 0 Å². The van der Waals surface area contributed by atoms with Gasteiger partial charge in [-0.25, -0.2) is 0 Å². The minimum absolute atomic E-state index is 0.0151. The Morgan fingerprint density at radius 2 is 2.25 bits per heavy atom. The Bertz CT molecular complexity index is 764. The molecule has 126 valence electrons. The molecule has 5 heteroatoms. The molecule has 1 aromatic heterocycles. The van der Waals surface area contributed by atoms with Crippen LogP contribution in [0, 0.1) is 5.92 Å². The fraction of sp³-hybridized carbons (Fsp3) is 0.474. The van der Waals surface area contributed by atoms with Crippen LogP contribution < -0.4 is 10.1 Å². The second kappa shape index (κ2) is 5.96. The number of methoxy groups -OCH3 is 1. The average Bonchev–Trinajstić information content (AvgIpc) is 3.52. The molecule has 5 nitrogen and oxygen atoms in total. The first-order chi connectivity index (χ1) is 11.7. The highest BCUT2D eigenvalue weighted by molar-refractivity contribution is 5.95. The normalized spacial score (nSPS) is 22.2. The summed E-state index contributed by atoms with van der Waals surface area (Å²) < 4.78 is 7.14. The van der Waals surface area contributed by atoms with Crippen molar-refractivity contribution in [1.29, 1.82) is 0 Å². The van der Waals surface area contributed by atoms with Crippen LogP contribution >= 0.6 is 0 Å². The topological polar surface area (TPSA) is 56.1 Å². The quantitative estimate of drug-likeness (QED) is 0.888. The molecule has 1 N–H and O–H groups in total. The van der Waals surface area contributed by atoms with Crippen LogP contribution in [-0.4, -0.2) is 29.3 Å². The largest absolute Gasteiger partial charge is 0.497 e. The summed E-state index contributed by atoms with van der Waals surface area (Å²) in [5, 5.41) is 7.37. The number of carbonyl (C=O) groups is 1. The summed E-state index contributed by atoms with van der Waals surface area (Å²) in [6.45, 7) is 0.722. The van der Waals surface area contributed by atoms with Crippen molar-refractivity contribution in [2.75, 3.05) is 13.7 Å². The van der Waals surface area contributed by atoms with Gasteiger partial charge in [-0.05, 0) is 48.8 Å². The molecule has 4 rings (SSSR count). The highest BCUT2D eigenvalue weighted by Gasteiger charge is 2.39. The van der Waals surface area contributed by atoms with Gasteiger partial charge >= 0.3 is 0 Å². The third-order valence-corrected chi connectivity index (χ3v) is 5.16. The number of carbonyl (C=O) groups excluding carboxylic acids is 1. The Labute approximate surface area is 142 Å². The summed E-state index contributed by atoms with van der Waals surface area (Å²) in [4.78, 5) is 12.5. The van der Waals surface area contributed by atoms with Gasteiger partial charge in [-0.1, -0.05) is 12.1 Å². The number of benzene rings is 1. The Kier molecular flexibility index (Phi) is 3.79. The van der Waals surface area contributed by atoms with Gasteiger partial charge in [-0.3, -0.25) is 9.48 Å². The van der Waals surface area contributed by atoms with E-state index < -0.39 is 0 Å². The van der Waals surface area contributed by atoms with E-state index in [0.29, 0.717) is 17.8 Å². The fourth-order valence-corrected chi connectivity index (χ4v) is 3.54. The number of rotatable bonds is 6. The molecule has 0 spiro atoms. The Balaban J connectivity index is 1.36. The Morgan fingerprint density at radius 3 is 3.00 bits per heavy atom. The van der Waals surface area contributed by atoms with Crippen molar-refractivity contribution in [3.63, 3.8) is 0 Å². The summed E-state index contributed by atoms with van der Waals surface area (Å²) in [6, 6.07) is 8.23. The number of nitrogens with one attached hydrogen (secondary N) is 1. The zero-order valence-corrected chi connectivity index (χ0v) is 14.2. The van der Waals surface area contributed by atoms with E-state index in [2.05, 4.69) is 22.5 Å². The van der Waals surface area contributed by atoms with E-state index in [0.717, 1.165) is 30.0 Å². The molecule has 2 aromatic rings. The predicted molar refractivity (Wildman–Crippen MR) is 91.4 cm³/mol. The van der Waals surface area contributed by atoms with Gasteiger partial charge in [0, 0.05) is 19.5 Å². The number of nitrogens with zero attached hydrogens (tertiary/aromatic N) is 2. The fourth-order valence-electron chi connectivity index (χ4n) is 3.54. The van der Waals surface area contributed by atoms with Crippen molar-refractivity contribution in [2.24, 2.45) is 13.0 Å². The van der Waals surface area contributed by atoms with E-state index in [1.165, 1.54) is 18.4 Å². The highest BCUT2D eigenvalue weighted by atomic mass is 16.5. The Morgan fingerprint density at radius 1 is 1.42 bits per heavy atom. The number of aromatic nitrogens is 2. The molecule has 1 aromatic carbocycles. The molecule has 1 amide bonds. The van der Waals surface area contributed by atoms with E-state index in [1.807, 2.05) is 23.9 Å². The van der Waals surface area contributed by atoms with Crippen LogP contribution in [0.15, 0.2) is 30.5 Å². The molecule has 1 heterocycles. The number of hydrogen-bond acceptors (Lipinski definition) is 3. The van der Waals surface area contributed by atoms with Crippen LogP contribution in [0.25, 0.3) is 0 Å². The lowest BCUT2D eigenvalue weighted by molar-refractivity contribution is 0.0950. The minimum Gasteiger partial charge on any atom is -0.497 e. The van der Waals surface area contributed by atoms with Gasteiger partial charge in [0.05, 0.1) is 24.6 Å². The lowest BCUT2D eigenvalue weighted by atomic mass is 10.1. The summed E-state index contributed by atoms with van der Waals surface area (Å²) in [7, 11) is 3.61. The zero-order chi connectivity index (χ0) is 16.7. The van der Waals surface area contributed by atoms with Crippen molar-refractivity contribution in [3.8, 4) is 5.75 Å². The maximum Gasteiger partial charge on any atom is 0.254 e. The van der Waals surface area contributed by atoms with Crippen molar-refractivity contribution >= 4 is 5.91 Å². The lowest BCUT2D eigenvalue weighted by Gasteiger charge is -2.07. The molecule has 0 bridgehead atoms. The lowest BCUT2D eigenvalue weighted by Crippen LogP contribution is -2.26. The summed E-state index contributed by atoms with van der Waals surface area (Å²) in [5.41, 5.74) is 3.14. The first-order valence-corrected chi connectivity index (χ1v) is 8.61. The van der Waals surface area contributed by atoms with Gasteiger partial charge in [-0.2, -0.15) is 5.10 Å². The van der Waals surface area contributed by atoms with Gasteiger partial charge in [0.25, 0.3) is 5.91 Å². The first kappa shape index (κ1) is 15.2. The van der Waals surface area contributed by atoms with Gasteiger partial charge in [0.2, 0.25) is 0 Å².